The van der Waals surface area contributed by atoms with Gasteiger partial charge in [0.05, 0.1) is 11.9 Å². The maximum atomic E-state index is 9.93. The summed E-state index contributed by atoms with van der Waals surface area (Å²) in [6.07, 6.45) is 2.91. The number of hydrogen-bond donors (Lipinski definition) is 3. The van der Waals surface area contributed by atoms with Crippen LogP contribution in [0.3, 0.4) is 0 Å². The zero-order valence-corrected chi connectivity index (χ0v) is 11.7. The molecule has 0 aromatic heterocycles. The molecule has 0 aromatic rings. The summed E-state index contributed by atoms with van der Waals surface area (Å²) in [6, 6.07) is 0. The maximum absolute atomic E-state index is 9.93. The number of carboxylic acids is 1. The zero-order valence-electron chi connectivity index (χ0n) is 7.37. The Labute approximate surface area is 113 Å². The van der Waals surface area contributed by atoms with E-state index >= 15 is 0 Å². The first-order valence-corrected chi connectivity index (χ1v) is 3.70. The van der Waals surface area contributed by atoms with Crippen LogP contribution in [0.4, 0.5) is 0 Å². The number of carbonyl (C=O) groups is 1. The molecule has 0 saturated heterocycles. The monoisotopic (exact) mass is 300 g/mol. The SMILES string of the molecule is NCCCCCC(=O)O.OCl.[Al].[Zr]. The first-order chi connectivity index (χ1) is 5.27. The molecule has 0 atom stereocenters. The van der Waals surface area contributed by atoms with Crippen LogP contribution >= 0.6 is 11.9 Å². The summed E-state index contributed by atoms with van der Waals surface area (Å²) in [5.74, 6) is -0.716. The third kappa shape index (κ3) is 32.0. The number of carboxylic acid groups (broad SMARTS) is 1. The third-order valence-electron chi connectivity index (χ3n) is 1.09. The van der Waals surface area contributed by atoms with Gasteiger partial charge in [-0.1, -0.05) is 6.42 Å². The van der Waals surface area contributed by atoms with Crippen molar-refractivity contribution in [3.63, 3.8) is 0 Å². The van der Waals surface area contributed by atoms with Crippen LogP contribution in [0.2, 0.25) is 0 Å². The van der Waals surface area contributed by atoms with Crippen molar-refractivity contribution in [2.24, 2.45) is 5.73 Å². The molecule has 3 radical (unpaired) electrons. The van der Waals surface area contributed by atoms with Gasteiger partial charge in [0.1, 0.15) is 0 Å². The Bertz CT molecular complexity index is 99.9. The van der Waals surface area contributed by atoms with Gasteiger partial charge in [0.2, 0.25) is 0 Å². The molecule has 0 fully saturated rings. The number of rotatable bonds is 5. The average molecular weight is 302 g/mol. The van der Waals surface area contributed by atoms with E-state index in [2.05, 4.69) is 11.9 Å². The molecular weight excluding hydrogens is 288 g/mol. The van der Waals surface area contributed by atoms with E-state index in [0.29, 0.717) is 6.54 Å². The Balaban J connectivity index is -0.0000000941. The summed E-state index contributed by atoms with van der Waals surface area (Å²) in [5, 5.41) is 8.18. The Morgan fingerprint density at radius 3 is 2.00 bits per heavy atom. The molecule has 7 heteroatoms. The minimum atomic E-state index is -0.716. The molecule has 0 spiro atoms. The Hall–Kier alpha value is 1.10. The minimum Gasteiger partial charge on any atom is -0.481 e. The van der Waals surface area contributed by atoms with Gasteiger partial charge < -0.3 is 10.8 Å². The van der Waals surface area contributed by atoms with Crippen molar-refractivity contribution in [2.75, 3.05) is 6.54 Å². The number of aliphatic carboxylic acids is 1. The van der Waals surface area contributed by atoms with Gasteiger partial charge in [-0.25, -0.2) is 0 Å². The van der Waals surface area contributed by atoms with Crippen LogP contribution in [-0.2, 0) is 31.0 Å². The van der Waals surface area contributed by atoms with Crippen LogP contribution in [0.5, 0.6) is 0 Å². The normalized spacial score (nSPS) is 7.00. The molecule has 0 saturated carbocycles. The molecule has 0 aromatic carbocycles. The number of hydrogen-bond acceptors (Lipinski definition) is 3. The Kier molecular flexibility index (Phi) is 42.3. The minimum absolute atomic E-state index is 0. The zero-order chi connectivity index (χ0) is 9.11. The second-order valence-electron chi connectivity index (χ2n) is 1.99. The quantitative estimate of drug-likeness (QED) is 0.505. The molecule has 0 bridgehead atoms. The van der Waals surface area contributed by atoms with Crippen molar-refractivity contribution in [1.82, 2.24) is 0 Å². The summed E-state index contributed by atoms with van der Waals surface area (Å²) in [4.78, 5) is 9.93. The van der Waals surface area contributed by atoms with Crippen molar-refractivity contribution in [2.45, 2.75) is 25.7 Å². The smallest absolute Gasteiger partial charge is 0.303 e. The average Bonchev–Trinajstić information content (AvgIpc) is 2.02. The summed E-state index contributed by atoms with van der Waals surface area (Å²) in [5.41, 5.74) is 5.20. The van der Waals surface area contributed by atoms with Gasteiger partial charge >= 0.3 is 5.97 Å². The van der Waals surface area contributed by atoms with Gasteiger partial charge in [0, 0.05) is 50.0 Å². The van der Waals surface area contributed by atoms with Crippen LogP contribution in [0.1, 0.15) is 25.7 Å². The number of halogens is 1. The Morgan fingerprint density at radius 2 is 1.69 bits per heavy atom. The van der Waals surface area contributed by atoms with E-state index in [0.717, 1.165) is 19.3 Å². The molecule has 0 aliphatic heterocycles. The topological polar surface area (TPSA) is 83.6 Å². The van der Waals surface area contributed by atoms with E-state index in [4.69, 9.17) is 15.5 Å². The molecule has 0 aliphatic carbocycles. The van der Waals surface area contributed by atoms with Gasteiger partial charge in [-0.3, -0.25) is 9.45 Å². The first kappa shape index (κ1) is 23.7. The van der Waals surface area contributed by atoms with Crippen LogP contribution in [-0.4, -0.2) is 39.6 Å². The maximum Gasteiger partial charge on any atom is 0.303 e. The summed E-state index contributed by atoms with van der Waals surface area (Å²) >= 11 is 3.64. The molecule has 0 heterocycles. The molecule has 0 rings (SSSR count). The van der Waals surface area contributed by atoms with Crippen molar-refractivity contribution in [3.05, 3.63) is 0 Å². The van der Waals surface area contributed by atoms with Crippen LogP contribution < -0.4 is 5.73 Å². The molecule has 75 valence electrons. The standard InChI is InChI=1S/C6H13NO2.Al.ClHO.Zr/c7-5-3-1-2-4-6(8)9;;1-2;/h1-5,7H2,(H,8,9);;2H;. The van der Waals surface area contributed by atoms with Gasteiger partial charge in [-0.05, 0) is 19.4 Å². The van der Waals surface area contributed by atoms with Crippen molar-refractivity contribution in [1.29, 1.82) is 0 Å². The largest absolute Gasteiger partial charge is 0.481 e. The van der Waals surface area contributed by atoms with E-state index in [1.165, 1.54) is 0 Å². The predicted molar refractivity (Wildman–Crippen MR) is 49.0 cm³/mol. The van der Waals surface area contributed by atoms with Gasteiger partial charge in [0.25, 0.3) is 0 Å². The van der Waals surface area contributed by atoms with Gasteiger partial charge in [-0.15, -0.1) is 0 Å². The van der Waals surface area contributed by atoms with E-state index in [9.17, 15) is 4.79 Å². The summed E-state index contributed by atoms with van der Waals surface area (Å²) < 4.78 is 6.47. The predicted octanol–water partition coefficient (Wildman–Crippen LogP) is 0.339. The van der Waals surface area contributed by atoms with E-state index in [-0.39, 0.29) is 50.0 Å². The molecule has 13 heavy (non-hydrogen) atoms. The molecular formula is C6H14AlClNO3Zr. The van der Waals surface area contributed by atoms with E-state index in [1.807, 2.05) is 0 Å². The number of unbranched alkanes of at least 4 members (excludes halogenated alkanes) is 2. The van der Waals surface area contributed by atoms with Crippen LogP contribution in [0.15, 0.2) is 0 Å². The second kappa shape index (κ2) is 23.2. The first-order valence-electron chi connectivity index (χ1n) is 3.36. The second-order valence-corrected chi connectivity index (χ2v) is 1.99. The summed E-state index contributed by atoms with van der Waals surface area (Å²) in [6.45, 7) is 0.666. The van der Waals surface area contributed by atoms with Crippen LogP contribution in [0, 0.1) is 0 Å². The Morgan fingerprint density at radius 1 is 1.23 bits per heavy atom. The molecule has 0 amide bonds. The van der Waals surface area contributed by atoms with Crippen molar-refractivity contribution >= 4 is 35.2 Å². The van der Waals surface area contributed by atoms with Crippen LogP contribution in [0.25, 0.3) is 0 Å². The van der Waals surface area contributed by atoms with Gasteiger partial charge in [0.15, 0.2) is 0 Å². The fourth-order valence-corrected chi connectivity index (χ4v) is 0.597. The molecule has 4 N–H and O–H groups in total. The van der Waals surface area contributed by atoms with Gasteiger partial charge in [-0.2, -0.15) is 0 Å². The van der Waals surface area contributed by atoms with Crippen molar-refractivity contribution < 1.29 is 40.8 Å². The fraction of sp³-hybridized carbons (Fsp3) is 0.833. The van der Waals surface area contributed by atoms with E-state index < -0.39 is 5.97 Å². The fourth-order valence-electron chi connectivity index (χ4n) is 0.597. The third-order valence-corrected chi connectivity index (χ3v) is 1.09. The molecule has 4 nitrogen and oxygen atoms in total. The number of nitrogens with two attached hydrogens (primary N) is 1. The van der Waals surface area contributed by atoms with Crippen molar-refractivity contribution in [3.8, 4) is 0 Å². The molecule has 0 unspecified atom stereocenters. The van der Waals surface area contributed by atoms with E-state index in [1.54, 1.807) is 0 Å². The summed E-state index contributed by atoms with van der Waals surface area (Å²) in [7, 11) is 0. The molecule has 0 aliphatic rings.